The van der Waals surface area contributed by atoms with E-state index in [1.54, 1.807) is 0 Å². The van der Waals surface area contributed by atoms with E-state index in [0.29, 0.717) is 0 Å². The standard InChI is InChI=1S/C3H6O2S2/c4-7(5)3-1-2-6/h1-2,6H,3H2,(H,4,5). The molecule has 7 heavy (non-hydrogen) atoms. The molecular weight excluding hydrogens is 132 g/mol. The monoisotopic (exact) mass is 138 g/mol. The van der Waals surface area contributed by atoms with Crippen LogP contribution >= 0.6 is 12.6 Å². The molecule has 0 aliphatic carbocycles. The van der Waals surface area contributed by atoms with Crippen molar-refractivity contribution >= 4 is 23.7 Å². The molecule has 0 aromatic heterocycles. The van der Waals surface area contributed by atoms with E-state index in [-0.39, 0.29) is 5.75 Å². The minimum atomic E-state index is -1.70. The van der Waals surface area contributed by atoms with Gasteiger partial charge in [-0.3, -0.25) is 0 Å². The van der Waals surface area contributed by atoms with Crippen LogP contribution in [0.5, 0.6) is 0 Å². The fourth-order valence-corrected chi connectivity index (χ4v) is 0.634. The summed E-state index contributed by atoms with van der Waals surface area (Å²) >= 11 is 1.97. The highest BCUT2D eigenvalue weighted by molar-refractivity contribution is 7.83. The molecule has 0 aliphatic heterocycles. The Morgan fingerprint density at radius 3 is 2.57 bits per heavy atom. The zero-order valence-corrected chi connectivity index (χ0v) is 5.28. The van der Waals surface area contributed by atoms with Gasteiger partial charge in [-0.25, -0.2) is 4.21 Å². The molecule has 0 rings (SSSR count). The highest BCUT2D eigenvalue weighted by atomic mass is 32.2. The van der Waals surface area contributed by atoms with Crippen LogP contribution in [-0.2, 0) is 11.1 Å². The third kappa shape index (κ3) is 6.20. The quantitative estimate of drug-likeness (QED) is 0.434. The summed E-state index contributed by atoms with van der Waals surface area (Å²) in [6.45, 7) is 0. The Hall–Kier alpha value is 0.200. The smallest absolute Gasteiger partial charge is 0.156 e. The van der Waals surface area contributed by atoms with E-state index in [2.05, 4.69) is 12.6 Å². The average molecular weight is 138 g/mol. The number of hydrogen-bond acceptors (Lipinski definition) is 2. The average Bonchev–Trinajstić information content (AvgIpc) is 1.61. The first-order valence-corrected chi connectivity index (χ1v) is 3.43. The number of thiol groups is 1. The fourth-order valence-electron chi connectivity index (χ4n) is 0.125. The molecule has 0 aromatic rings. The summed E-state index contributed by atoms with van der Waals surface area (Å²) < 4.78 is 17.9. The fraction of sp³-hybridized carbons (Fsp3) is 0.333. The van der Waals surface area contributed by atoms with E-state index in [4.69, 9.17) is 4.55 Å². The van der Waals surface area contributed by atoms with Crippen molar-refractivity contribution < 1.29 is 8.76 Å². The van der Waals surface area contributed by atoms with Crippen molar-refractivity contribution in [2.75, 3.05) is 5.75 Å². The molecule has 0 fully saturated rings. The lowest BCUT2D eigenvalue weighted by atomic mass is 10.8. The van der Waals surface area contributed by atoms with Crippen LogP contribution in [0.1, 0.15) is 0 Å². The SMILES string of the molecule is O=S(O)CC=CS. The van der Waals surface area contributed by atoms with Crippen molar-refractivity contribution in [2.45, 2.75) is 0 Å². The summed E-state index contributed by atoms with van der Waals surface area (Å²) in [6.07, 6.45) is 1.51. The molecule has 0 radical (unpaired) electrons. The Morgan fingerprint density at radius 1 is 1.86 bits per heavy atom. The molecule has 0 aromatic carbocycles. The third-order valence-electron chi connectivity index (χ3n) is 0.344. The van der Waals surface area contributed by atoms with E-state index in [0.717, 1.165) is 0 Å². The van der Waals surface area contributed by atoms with Gasteiger partial charge in [0.15, 0.2) is 11.1 Å². The predicted octanol–water partition coefficient (Wildman–Crippen LogP) is 0.652. The van der Waals surface area contributed by atoms with Gasteiger partial charge in [0, 0.05) is 0 Å². The van der Waals surface area contributed by atoms with Crippen molar-refractivity contribution in [3.8, 4) is 0 Å². The van der Waals surface area contributed by atoms with Gasteiger partial charge >= 0.3 is 0 Å². The Labute approximate surface area is 50.3 Å². The molecule has 1 N–H and O–H groups in total. The highest BCUT2D eigenvalue weighted by Gasteiger charge is 1.81. The molecule has 0 saturated carbocycles. The first kappa shape index (κ1) is 7.20. The summed E-state index contributed by atoms with van der Waals surface area (Å²) in [5.41, 5.74) is 0. The largest absolute Gasteiger partial charge is 0.306 e. The predicted molar refractivity (Wildman–Crippen MR) is 33.8 cm³/mol. The normalized spacial score (nSPS) is 15.1. The van der Waals surface area contributed by atoms with Gasteiger partial charge in [0.1, 0.15) is 0 Å². The Balaban J connectivity index is 3.14. The van der Waals surface area contributed by atoms with E-state index >= 15 is 0 Å². The van der Waals surface area contributed by atoms with E-state index in [1.165, 1.54) is 11.5 Å². The highest BCUT2D eigenvalue weighted by Crippen LogP contribution is 1.79. The van der Waals surface area contributed by atoms with Crippen molar-refractivity contribution in [2.24, 2.45) is 0 Å². The molecule has 0 saturated heterocycles. The lowest BCUT2D eigenvalue weighted by Crippen LogP contribution is -1.87. The van der Waals surface area contributed by atoms with Crippen LogP contribution in [-0.4, -0.2) is 14.5 Å². The lowest BCUT2D eigenvalue weighted by molar-refractivity contribution is 0.567. The van der Waals surface area contributed by atoms with Crippen LogP contribution in [0.25, 0.3) is 0 Å². The second-order valence-corrected chi connectivity index (χ2v) is 2.15. The summed E-state index contributed by atoms with van der Waals surface area (Å²) in [5.74, 6) is 0.170. The van der Waals surface area contributed by atoms with Crippen molar-refractivity contribution in [3.63, 3.8) is 0 Å². The first-order valence-electron chi connectivity index (χ1n) is 1.64. The van der Waals surface area contributed by atoms with Gasteiger partial charge in [-0.05, 0) is 5.41 Å². The summed E-state index contributed by atoms with van der Waals surface area (Å²) in [5, 5.41) is 1.44. The zero-order chi connectivity index (χ0) is 5.70. The molecule has 1 atom stereocenters. The zero-order valence-electron chi connectivity index (χ0n) is 3.57. The van der Waals surface area contributed by atoms with Crippen molar-refractivity contribution in [1.29, 1.82) is 0 Å². The van der Waals surface area contributed by atoms with E-state index in [9.17, 15) is 4.21 Å². The second-order valence-electron chi connectivity index (χ2n) is 0.873. The molecule has 0 bridgehead atoms. The molecule has 0 amide bonds. The van der Waals surface area contributed by atoms with Gasteiger partial charge in [0.2, 0.25) is 0 Å². The first-order chi connectivity index (χ1) is 3.27. The molecular formula is C3H6O2S2. The van der Waals surface area contributed by atoms with Crippen LogP contribution < -0.4 is 0 Å². The second kappa shape index (κ2) is 4.36. The molecule has 0 spiro atoms. The van der Waals surface area contributed by atoms with E-state index < -0.39 is 11.1 Å². The van der Waals surface area contributed by atoms with Crippen LogP contribution in [0.3, 0.4) is 0 Å². The van der Waals surface area contributed by atoms with Crippen LogP contribution in [0.4, 0.5) is 0 Å². The maximum atomic E-state index is 9.78. The van der Waals surface area contributed by atoms with Crippen LogP contribution in [0, 0.1) is 0 Å². The molecule has 0 heterocycles. The van der Waals surface area contributed by atoms with Gasteiger partial charge in [-0.15, -0.1) is 0 Å². The van der Waals surface area contributed by atoms with Gasteiger partial charge < -0.3 is 4.55 Å². The van der Waals surface area contributed by atoms with Crippen molar-refractivity contribution in [1.82, 2.24) is 0 Å². The lowest BCUT2D eigenvalue weighted by Gasteiger charge is -1.78. The molecule has 4 heteroatoms. The van der Waals surface area contributed by atoms with E-state index in [1.807, 2.05) is 0 Å². The minimum absolute atomic E-state index is 0.170. The van der Waals surface area contributed by atoms with Gasteiger partial charge in [0.25, 0.3) is 0 Å². The Bertz CT molecular complexity index is 88.9. The van der Waals surface area contributed by atoms with Crippen LogP contribution in [0.15, 0.2) is 11.5 Å². The molecule has 1 unspecified atom stereocenters. The summed E-state index contributed by atoms with van der Waals surface area (Å²) in [4.78, 5) is 0. The maximum absolute atomic E-state index is 9.78. The van der Waals surface area contributed by atoms with Crippen LogP contribution in [0.2, 0.25) is 0 Å². The third-order valence-corrected chi connectivity index (χ3v) is 1.03. The minimum Gasteiger partial charge on any atom is -0.306 e. The summed E-state index contributed by atoms with van der Waals surface area (Å²) in [6, 6.07) is 0. The molecule has 0 aliphatic rings. The van der Waals surface area contributed by atoms with Gasteiger partial charge in [-0.1, -0.05) is 6.08 Å². The maximum Gasteiger partial charge on any atom is 0.156 e. The molecule has 42 valence electrons. The van der Waals surface area contributed by atoms with Gasteiger partial charge in [0.05, 0.1) is 5.75 Å². The topological polar surface area (TPSA) is 37.3 Å². The number of rotatable bonds is 2. The van der Waals surface area contributed by atoms with Gasteiger partial charge in [-0.2, -0.15) is 12.6 Å². The Kier molecular flexibility index (Phi) is 4.49. The number of hydrogen-bond donors (Lipinski definition) is 2. The Morgan fingerprint density at radius 2 is 2.43 bits per heavy atom. The molecule has 2 nitrogen and oxygen atoms in total. The van der Waals surface area contributed by atoms with Crippen molar-refractivity contribution in [3.05, 3.63) is 11.5 Å². The summed E-state index contributed by atoms with van der Waals surface area (Å²) in [7, 11) is 0.